The van der Waals surface area contributed by atoms with Gasteiger partial charge in [-0.15, -0.1) is 0 Å². The van der Waals surface area contributed by atoms with Crippen LogP contribution >= 0.6 is 15.9 Å². The van der Waals surface area contributed by atoms with E-state index in [1.54, 1.807) is 0 Å². The van der Waals surface area contributed by atoms with Crippen molar-refractivity contribution in [1.29, 1.82) is 0 Å². The normalized spacial score (nSPS) is 22.4. The van der Waals surface area contributed by atoms with E-state index < -0.39 is 0 Å². The molecule has 106 valence electrons. The summed E-state index contributed by atoms with van der Waals surface area (Å²) in [6.45, 7) is 5.92. The largest absolute Gasteiger partial charge is 0.374 e. The van der Waals surface area contributed by atoms with Gasteiger partial charge in [-0.3, -0.25) is 4.98 Å². The van der Waals surface area contributed by atoms with E-state index in [-0.39, 0.29) is 6.10 Å². The molecule has 4 nitrogen and oxygen atoms in total. The van der Waals surface area contributed by atoms with Crippen LogP contribution in [-0.4, -0.2) is 55.3 Å². The van der Waals surface area contributed by atoms with Crippen molar-refractivity contribution in [2.45, 2.75) is 25.5 Å². The number of aromatic nitrogens is 1. The number of nitrogens with one attached hydrogen (secondary N) is 1. The molecule has 0 amide bonds. The Balaban J connectivity index is 2.02. The molecule has 0 radical (unpaired) electrons. The van der Waals surface area contributed by atoms with Crippen molar-refractivity contribution in [3.8, 4) is 0 Å². The van der Waals surface area contributed by atoms with Crippen molar-refractivity contribution in [3.63, 3.8) is 0 Å². The Morgan fingerprint density at radius 1 is 1.58 bits per heavy atom. The molecule has 0 aromatic carbocycles. The smallest absolute Gasteiger partial charge is 0.0858 e. The average molecular weight is 328 g/mol. The SMILES string of the molecule is CCNC(Cc1cncc(Br)c1)C1CN(C)CCO1. The summed E-state index contributed by atoms with van der Waals surface area (Å²) >= 11 is 3.47. The van der Waals surface area contributed by atoms with E-state index in [9.17, 15) is 0 Å². The third-order valence-electron chi connectivity index (χ3n) is 3.43. The van der Waals surface area contributed by atoms with Gasteiger partial charge in [-0.2, -0.15) is 0 Å². The maximum Gasteiger partial charge on any atom is 0.0858 e. The van der Waals surface area contributed by atoms with Gasteiger partial charge in [0.15, 0.2) is 0 Å². The highest BCUT2D eigenvalue weighted by atomic mass is 79.9. The third-order valence-corrected chi connectivity index (χ3v) is 3.86. The van der Waals surface area contributed by atoms with Crippen LogP contribution in [0.2, 0.25) is 0 Å². The van der Waals surface area contributed by atoms with E-state index >= 15 is 0 Å². The van der Waals surface area contributed by atoms with Crippen molar-refractivity contribution in [1.82, 2.24) is 15.2 Å². The van der Waals surface area contributed by atoms with Gasteiger partial charge in [0, 0.05) is 36.0 Å². The second kappa shape index (κ2) is 7.33. The molecule has 1 aromatic heterocycles. The lowest BCUT2D eigenvalue weighted by molar-refractivity contribution is -0.0381. The molecule has 0 aliphatic carbocycles. The second-order valence-electron chi connectivity index (χ2n) is 5.05. The van der Waals surface area contributed by atoms with E-state index in [2.05, 4.69) is 51.2 Å². The molecule has 2 atom stereocenters. The fourth-order valence-electron chi connectivity index (χ4n) is 2.47. The summed E-state index contributed by atoms with van der Waals surface area (Å²) < 4.78 is 6.96. The Morgan fingerprint density at radius 3 is 3.11 bits per heavy atom. The highest BCUT2D eigenvalue weighted by molar-refractivity contribution is 9.10. The van der Waals surface area contributed by atoms with Crippen LogP contribution in [0.1, 0.15) is 12.5 Å². The van der Waals surface area contributed by atoms with Crippen LogP contribution in [0.15, 0.2) is 22.9 Å². The van der Waals surface area contributed by atoms with Gasteiger partial charge in [-0.05, 0) is 47.6 Å². The number of morpholine rings is 1. The summed E-state index contributed by atoms with van der Waals surface area (Å²) in [6, 6.07) is 2.47. The van der Waals surface area contributed by atoms with Crippen LogP contribution in [0.5, 0.6) is 0 Å². The van der Waals surface area contributed by atoms with Gasteiger partial charge in [0.05, 0.1) is 12.7 Å². The van der Waals surface area contributed by atoms with E-state index in [4.69, 9.17) is 4.74 Å². The molecule has 0 bridgehead atoms. The van der Waals surface area contributed by atoms with Gasteiger partial charge in [0.1, 0.15) is 0 Å². The Hall–Kier alpha value is -0.490. The van der Waals surface area contributed by atoms with Crippen molar-refractivity contribution in [3.05, 3.63) is 28.5 Å². The number of hydrogen-bond donors (Lipinski definition) is 1. The molecule has 1 fully saturated rings. The molecule has 2 rings (SSSR count). The summed E-state index contributed by atoms with van der Waals surface area (Å²) in [4.78, 5) is 6.56. The maximum absolute atomic E-state index is 5.93. The molecular formula is C14H22BrN3O. The topological polar surface area (TPSA) is 37.4 Å². The molecule has 1 aliphatic heterocycles. The molecule has 2 unspecified atom stereocenters. The number of hydrogen-bond acceptors (Lipinski definition) is 4. The summed E-state index contributed by atoms with van der Waals surface area (Å²) in [5.41, 5.74) is 1.23. The standard InChI is InChI=1S/C14H22BrN3O/c1-3-17-13(14-10-18(2)4-5-19-14)7-11-6-12(15)9-16-8-11/h6,8-9,13-14,17H,3-5,7,10H2,1-2H3. The number of pyridine rings is 1. The molecular weight excluding hydrogens is 306 g/mol. The second-order valence-corrected chi connectivity index (χ2v) is 5.97. The summed E-state index contributed by atoms with van der Waals surface area (Å²) in [5.74, 6) is 0. The Kier molecular flexibility index (Phi) is 5.76. The van der Waals surface area contributed by atoms with Crippen molar-refractivity contribution >= 4 is 15.9 Å². The van der Waals surface area contributed by atoms with Gasteiger partial charge < -0.3 is 15.0 Å². The zero-order valence-electron chi connectivity index (χ0n) is 11.6. The number of likely N-dealkylation sites (N-methyl/N-ethyl adjacent to an activating group) is 2. The number of halogens is 1. The van der Waals surface area contributed by atoms with Crippen LogP contribution in [0.3, 0.4) is 0 Å². The van der Waals surface area contributed by atoms with Crippen LogP contribution < -0.4 is 5.32 Å². The quantitative estimate of drug-likeness (QED) is 0.893. The van der Waals surface area contributed by atoms with E-state index in [0.29, 0.717) is 6.04 Å². The predicted molar refractivity (Wildman–Crippen MR) is 80.3 cm³/mol. The molecule has 19 heavy (non-hydrogen) atoms. The van der Waals surface area contributed by atoms with Crippen LogP contribution in [-0.2, 0) is 11.2 Å². The van der Waals surface area contributed by atoms with Gasteiger partial charge in [0.2, 0.25) is 0 Å². The Morgan fingerprint density at radius 2 is 2.42 bits per heavy atom. The highest BCUT2D eigenvalue weighted by Crippen LogP contribution is 2.15. The first-order chi connectivity index (χ1) is 9.19. The lowest BCUT2D eigenvalue weighted by Crippen LogP contribution is -2.52. The number of nitrogens with zero attached hydrogens (tertiary/aromatic N) is 2. The van der Waals surface area contributed by atoms with Crippen LogP contribution in [0.4, 0.5) is 0 Å². The summed E-state index contributed by atoms with van der Waals surface area (Å²) in [6.07, 6.45) is 4.94. The minimum absolute atomic E-state index is 0.248. The zero-order chi connectivity index (χ0) is 13.7. The van der Waals surface area contributed by atoms with E-state index in [1.165, 1.54) is 5.56 Å². The van der Waals surface area contributed by atoms with Crippen molar-refractivity contribution < 1.29 is 4.74 Å². The molecule has 0 saturated carbocycles. The fourth-order valence-corrected chi connectivity index (χ4v) is 2.89. The fraction of sp³-hybridized carbons (Fsp3) is 0.643. The summed E-state index contributed by atoms with van der Waals surface area (Å²) in [5, 5.41) is 3.55. The molecule has 1 N–H and O–H groups in total. The monoisotopic (exact) mass is 327 g/mol. The lowest BCUT2D eigenvalue weighted by Gasteiger charge is -2.35. The number of rotatable bonds is 5. The molecule has 1 aromatic rings. The number of ether oxygens (including phenoxy) is 1. The first-order valence-electron chi connectivity index (χ1n) is 6.82. The van der Waals surface area contributed by atoms with Crippen LogP contribution in [0.25, 0.3) is 0 Å². The molecule has 0 spiro atoms. The maximum atomic E-state index is 5.93. The van der Waals surface area contributed by atoms with E-state index in [1.807, 2.05) is 12.4 Å². The first-order valence-corrected chi connectivity index (χ1v) is 7.61. The van der Waals surface area contributed by atoms with Gasteiger partial charge in [-0.1, -0.05) is 6.92 Å². The van der Waals surface area contributed by atoms with Crippen LogP contribution in [0, 0.1) is 0 Å². The van der Waals surface area contributed by atoms with E-state index in [0.717, 1.165) is 37.1 Å². The lowest BCUT2D eigenvalue weighted by atomic mass is 10.0. The van der Waals surface area contributed by atoms with Gasteiger partial charge in [0.25, 0.3) is 0 Å². The van der Waals surface area contributed by atoms with Gasteiger partial charge in [-0.25, -0.2) is 0 Å². The Bertz CT molecular complexity index is 402. The summed E-state index contributed by atoms with van der Waals surface area (Å²) in [7, 11) is 2.15. The minimum atomic E-state index is 0.248. The predicted octanol–water partition coefficient (Wildman–Crippen LogP) is 1.70. The molecule has 1 saturated heterocycles. The molecule has 2 heterocycles. The van der Waals surface area contributed by atoms with Crippen molar-refractivity contribution in [2.75, 3.05) is 33.3 Å². The minimum Gasteiger partial charge on any atom is -0.374 e. The highest BCUT2D eigenvalue weighted by Gasteiger charge is 2.26. The van der Waals surface area contributed by atoms with Crippen molar-refractivity contribution in [2.24, 2.45) is 0 Å². The average Bonchev–Trinajstić information content (AvgIpc) is 2.38. The first kappa shape index (κ1) is 14.9. The molecule has 1 aliphatic rings. The molecule has 5 heteroatoms. The third kappa shape index (κ3) is 4.53. The van der Waals surface area contributed by atoms with Gasteiger partial charge >= 0.3 is 0 Å². The Labute approximate surface area is 123 Å². The zero-order valence-corrected chi connectivity index (χ0v) is 13.2.